The highest BCUT2D eigenvalue weighted by Crippen LogP contribution is 2.18. The summed E-state index contributed by atoms with van der Waals surface area (Å²) in [5.74, 6) is 0.829. The summed E-state index contributed by atoms with van der Waals surface area (Å²) in [7, 11) is 1.94. The second-order valence-corrected chi connectivity index (χ2v) is 6.39. The summed E-state index contributed by atoms with van der Waals surface area (Å²) in [5.41, 5.74) is 6.46. The molecular formula is C23H26N4. The van der Waals surface area contributed by atoms with Gasteiger partial charge in [-0.05, 0) is 49.3 Å². The Hall–Kier alpha value is -3.27. The second-order valence-electron chi connectivity index (χ2n) is 6.39. The number of hydrogen-bond donors (Lipinski definition) is 3. The van der Waals surface area contributed by atoms with Crippen molar-refractivity contribution in [1.29, 1.82) is 0 Å². The molecule has 0 unspecified atom stereocenters. The molecule has 27 heavy (non-hydrogen) atoms. The van der Waals surface area contributed by atoms with Crippen LogP contribution in [-0.4, -0.2) is 23.6 Å². The summed E-state index contributed by atoms with van der Waals surface area (Å²) in [6.07, 6.45) is 15.5. The van der Waals surface area contributed by atoms with Crippen molar-refractivity contribution < 1.29 is 0 Å². The molecule has 2 aromatic rings. The Kier molecular flexibility index (Phi) is 6.10. The monoisotopic (exact) mass is 358 g/mol. The molecule has 3 rings (SSSR count). The van der Waals surface area contributed by atoms with Gasteiger partial charge in [0.2, 0.25) is 0 Å². The average molecular weight is 358 g/mol. The van der Waals surface area contributed by atoms with Gasteiger partial charge in [0.15, 0.2) is 0 Å². The Balaban J connectivity index is 1.66. The molecule has 0 bridgehead atoms. The lowest BCUT2D eigenvalue weighted by atomic mass is 10.2. The van der Waals surface area contributed by atoms with Crippen LogP contribution in [0.3, 0.4) is 0 Å². The third-order valence-electron chi connectivity index (χ3n) is 4.45. The number of benzene rings is 1. The van der Waals surface area contributed by atoms with Crippen LogP contribution in [0.15, 0.2) is 90.3 Å². The number of aromatic nitrogens is 2. The van der Waals surface area contributed by atoms with Crippen LogP contribution in [0.5, 0.6) is 0 Å². The molecular weight excluding hydrogens is 332 g/mol. The largest absolute Gasteiger partial charge is 0.388 e. The van der Waals surface area contributed by atoms with Gasteiger partial charge in [0.05, 0.1) is 11.0 Å². The zero-order valence-electron chi connectivity index (χ0n) is 15.9. The van der Waals surface area contributed by atoms with Crippen LogP contribution in [0.4, 0.5) is 0 Å². The maximum absolute atomic E-state index is 4.63. The maximum Gasteiger partial charge on any atom is 0.138 e. The summed E-state index contributed by atoms with van der Waals surface area (Å²) in [6.45, 7) is 6.78. The van der Waals surface area contributed by atoms with E-state index >= 15 is 0 Å². The molecule has 1 heterocycles. The van der Waals surface area contributed by atoms with Crippen molar-refractivity contribution in [3.8, 4) is 0 Å². The van der Waals surface area contributed by atoms with E-state index in [-0.39, 0.29) is 0 Å². The van der Waals surface area contributed by atoms with Crippen LogP contribution in [0.25, 0.3) is 16.6 Å². The average Bonchev–Trinajstić information content (AvgIpc) is 2.98. The lowest BCUT2D eigenvalue weighted by Crippen LogP contribution is -2.13. The highest BCUT2D eigenvalue weighted by molar-refractivity contribution is 5.81. The minimum absolute atomic E-state index is 0.797. The molecule has 0 radical (unpaired) electrons. The molecule has 1 aliphatic rings. The lowest BCUT2D eigenvalue weighted by molar-refractivity contribution is 0.881. The van der Waals surface area contributed by atoms with Crippen LogP contribution >= 0.6 is 0 Å². The van der Waals surface area contributed by atoms with Crippen molar-refractivity contribution in [1.82, 2.24) is 20.6 Å². The number of imidazole rings is 1. The number of hydrogen-bond acceptors (Lipinski definition) is 3. The molecule has 1 aromatic carbocycles. The van der Waals surface area contributed by atoms with E-state index in [1.54, 1.807) is 0 Å². The number of nitrogens with zero attached hydrogens (tertiary/aromatic N) is 1. The zero-order chi connectivity index (χ0) is 19.1. The molecule has 0 aliphatic heterocycles. The minimum Gasteiger partial charge on any atom is -0.388 e. The highest BCUT2D eigenvalue weighted by atomic mass is 14.9. The Morgan fingerprint density at radius 3 is 2.85 bits per heavy atom. The predicted octanol–water partition coefficient (Wildman–Crippen LogP) is 4.62. The van der Waals surface area contributed by atoms with E-state index in [9.17, 15) is 0 Å². The minimum atomic E-state index is 0.797. The van der Waals surface area contributed by atoms with Gasteiger partial charge in [0.1, 0.15) is 5.82 Å². The van der Waals surface area contributed by atoms with Crippen molar-refractivity contribution in [3.63, 3.8) is 0 Å². The van der Waals surface area contributed by atoms with E-state index in [0.717, 1.165) is 46.8 Å². The molecule has 1 aromatic heterocycles. The lowest BCUT2D eigenvalue weighted by Gasteiger charge is -2.07. The van der Waals surface area contributed by atoms with Crippen molar-refractivity contribution in [2.45, 2.75) is 13.3 Å². The van der Waals surface area contributed by atoms with E-state index in [0.29, 0.717) is 0 Å². The van der Waals surface area contributed by atoms with Crippen molar-refractivity contribution in [2.24, 2.45) is 0 Å². The summed E-state index contributed by atoms with van der Waals surface area (Å²) >= 11 is 0. The van der Waals surface area contributed by atoms with Crippen LogP contribution in [0, 0.1) is 0 Å². The van der Waals surface area contributed by atoms with Gasteiger partial charge >= 0.3 is 0 Å². The molecule has 0 fully saturated rings. The molecule has 0 spiro atoms. The molecule has 4 nitrogen and oxygen atoms in total. The normalized spacial score (nSPS) is 15.2. The summed E-state index contributed by atoms with van der Waals surface area (Å²) < 4.78 is 0. The number of likely N-dealkylation sites (N-methyl/N-ethyl adjacent to an activating group) is 1. The molecule has 0 saturated heterocycles. The van der Waals surface area contributed by atoms with E-state index in [2.05, 4.69) is 64.5 Å². The van der Waals surface area contributed by atoms with Gasteiger partial charge in [0.25, 0.3) is 0 Å². The van der Waals surface area contributed by atoms with Crippen LogP contribution in [0.2, 0.25) is 0 Å². The van der Waals surface area contributed by atoms with E-state index < -0.39 is 0 Å². The molecule has 0 amide bonds. The number of H-pyrrole nitrogens is 1. The molecule has 0 saturated carbocycles. The van der Waals surface area contributed by atoms with Gasteiger partial charge in [0, 0.05) is 30.6 Å². The van der Waals surface area contributed by atoms with Gasteiger partial charge in [-0.3, -0.25) is 0 Å². The predicted molar refractivity (Wildman–Crippen MR) is 115 cm³/mol. The van der Waals surface area contributed by atoms with Crippen LogP contribution < -0.4 is 10.6 Å². The van der Waals surface area contributed by atoms with Gasteiger partial charge in [-0.15, -0.1) is 0 Å². The summed E-state index contributed by atoms with van der Waals surface area (Å²) in [6, 6.07) is 8.02. The molecule has 138 valence electrons. The van der Waals surface area contributed by atoms with Crippen LogP contribution in [-0.2, 0) is 0 Å². The Bertz CT molecular complexity index is 934. The number of fused-ring (bicyclic) bond motifs is 1. The summed E-state index contributed by atoms with van der Waals surface area (Å²) in [4.78, 5) is 7.97. The zero-order valence-corrected chi connectivity index (χ0v) is 15.9. The number of rotatable bonds is 7. The smallest absolute Gasteiger partial charge is 0.138 e. The standard InChI is InChI=1S/C23H26N4/c1-4-19(23-26-21-10-5-6-11-22(21)27-23)14-12-17(2)25-16-18-8-7-9-20(24-3)15-13-18/h4-6,8-15,24-25H,1,7,16H2,2-3H3,(H,26,27)/b17-12+,19-14+. The molecule has 3 N–H and O–H groups in total. The molecule has 4 heteroatoms. The number of para-hydroxylation sites is 2. The van der Waals surface area contributed by atoms with Crippen molar-refractivity contribution in [2.75, 3.05) is 13.6 Å². The summed E-state index contributed by atoms with van der Waals surface area (Å²) in [5, 5.41) is 6.64. The van der Waals surface area contributed by atoms with Crippen molar-refractivity contribution >= 4 is 16.6 Å². The van der Waals surface area contributed by atoms with Crippen LogP contribution in [0.1, 0.15) is 19.2 Å². The van der Waals surface area contributed by atoms with Gasteiger partial charge < -0.3 is 15.6 Å². The van der Waals surface area contributed by atoms with Gasteiger partial charge in [-0.1, -0.05) is 43.0 Å². The Labute approximate surface area is 160 Å². The highest BCUT2D eigenvalue weighted by Gasteiger charge is 2.04. The number of aromatic amines is 1. The third-order valence-corrected chi connectivity index (χ3v) is 4.45. The fourth-order valence-electron chi connectivity index (χ4n) is 2.84. The number of nitrogens with one attached hydrogen (secondary N) is 3. The Morgan fingerprint density at radius 1 is 1.22 bits per heavy atom. The van der Waals surface area contributed by atoms with E-state index in [4.69, 9.17) is 0 Å². The van der Waals surface area contributed by atoms with E-state index in [1.165, 1.54) is 5.57 Å². The fraction of sp³-hybridized carbons (Fsp3) is 0.174. The SMILES string of the molecule is C=C/C(=C\C=C(/C)NCC1=CCC=C(NC)C=C1)c1nc2ccccc2[nH]1. The first kappa shape index (κ1) is 18.5. The second kappa shape index (κ2) is 8.90. The number of allylic oxidation sites excluding steroid dienone is 8. The first-order valence-corrected chi connectivity index (χ1v) is 9.14. The van der Waals surface area contributed by atoms with Crippen molar-refractivity contribution in [3.05, 3.63) is 96.2 Å². The quantitative estimate of drug-likeness (QED) is 0.633. The maximum atomic E-state index is 4.63. The fourth-order valence-corrected chi connectivity index (χ4v) is 2.84. The Morgan fingerprint density at radius 2 is 2.07 bits per heavy atom. The molecule has 0 atom stereocenters. The topological polar surface area (TPSA) is 52.7 Å². The first-order valence-electron chi connectivity index (χ1n) is 9.14. The van der Waals surface area contributed by atoms with E-state index in [1.807, 2.05) is 43.5 Å². The van der Waals surface area contributed by atoms with Gasteiger partial charge in [-0.25, -0.2) is 4.98 Å². The van der Waals surface area contributed by atoms with Gasteiger partial charge in [-0.2, -0.15) is 0 Å². The molecule has 1 aliphatic carbocycles. The first-order chi connectivity index (χ1) is 13.2. The third kappa shape index (κ3) is 4.88.